The number of rotatable bonds is 1. The van der Waals surface area contributed by atoms with Crippen LogP contribution in [-0.2, 0) is 0 Å². The van der Waals surface area contributed by atoms with E-state index >= 15 is 0 Å². The van der Waals surface area contributed by atoms with Gasteiger partial charge in [0.05, 0.1) is 0 Å². The van der Waals surface area contributed by atoms with Crippen molar-refractivity contribution >= 4 is 41.9 Å². The number of nitrogen functional groups attached to an aromatic ring is 1. The molecular weight excluding hydrogens is 161 g/mol. The second kappa shape index (κ2) is 3.21. The Morgan fingerprint density at radius 1 is 1.50 bits per heavy atom. The molecule has 50 valence electrons. The van der Waals surface area contributed by atoms with Crippen LogP contribution in [0.3, 0.4) is 0 Å². The van der Waals surface area contributed by atoms with Crippen LogP contribution in [-0.4, -0.2) is 20.2 Å². The Bertz CT molecular complexity index is 260. The standard InChI is InChI=1S/C6H5ClN.CH2.Al/c7-5-1-3-6(8)4-2-5;;/h1-3H,8H2;1H2;. The van der Waals surface area contributed by atoms with Gasteiger partial charge in [0.25, 0.3) is 0 Å². The van der Waals surface area contributed by atoms with Crippen LogP contribution in [0, 0.1) is 0 Å². The molecule has 1 rings (SSSR count). The van der Waals surface area contributed by atoms with E-state index in [0.717, 1.165) is 15.1 Å². The third-order valence-electron chi connectivity index (χ3n) is 1.27. The Balaban J connectivity index is 3.21. The van der Waals surface area contributed by atoms with Gasteiger partial charge in [-0.2, -0.15) is 0 Å². The van der Waals surface area contributed by atoms with E-state index in [4.69, 9.17) is 17.3 Å². The molecular formula is C7H7AlClN. The van der Waals surface area contributed by atoms with Gasteiger partial charge in [-0.1, -0.05) is 0 Å². The van der Waals surface area contributed by atoms with Crippen LogP contribution in [0.4, 0.5) is 5.69 Å². The molecule has 0 bridgehead atoms. The average Bonchev–Trinajstić information content (AvgIpc) is 1.94. The SMILES string of the molecule is [CH2]=[Al][c]1cc(Cl)ccc1N. The third kappa shape index (κ3) is 1.61. The zero-order valence-electron chi connectivity index (χ0n) is 5.47. The summed E-state index contributed by atoms with van der Waals surface area (Å²) in [5.74, 6) is 0. The predicted octanol–water partition coefficient (Wildman–Crippen LogP) is 0.684. The molecule has 10 heavy (non-hydrogen) atoms. The number of hydrogen-bond donors (Lipinski definition) is 1. The van der Waals surface area contributed by atoms with Gasteiger partial charge in [-0.05, 0) is 0 Å². The molecule has 0 spiro atoms. The zero-order valence-corrected chi connectivity index (χ0v) is 7.38. The second-order valence-corrected chi connectivity index (χ2v) is 3.44. The fourth-order valence-electron chi connectivity index (χ4n) is 0.722. The molecule has 1 aromatic rings. The van der Waals surface area contributed by atoms with Gasteiger partial charge < -0.3 is 0 Å². The van der Waals surface area contributed by atoms with Crippen molar-refractivity contribution in [2.24, 2.45) is 0 Å². The Morgan fingerprint density at radius 2 is 2.20 bits per heavy atom. The number of benzene rings is 1. The van der Waals surface area contributed by atoms with E-state index in [1.807, 2.05) is 12.1 Å². The second-order valence-electron chi connectivity index (χ2n) is 1.98. The molecule has 0 saturated heterocycles. The van der Waals surface area contributed by atoms with E-state index < -0.39 is 0 Å². The quantitative estimate of drug-likeness (QED) is 0.483. The fourth-order valence-corrected chi connectivity index (χ4v) is 1.64. The van der Waals surface area contributed by atoms with Crippen LogP contribution in [0.2, 0.25) is 5.02 Å². The summed E-state index contributed by atoms with van der Waals surface area (Å²) in [5.41, 5.74) is 6.42. The van der Waals surface area contributed by atoms with Crippen molar-refractivity contribution in [3.63, 3.8) is 0 Å². The molecule has 2 N–H and O–H groups in total. The molecule has 0 aliphatic rings. The normalized spacial score (nSPS) is 8.90. The first-order valence-electron chi connectivity index (χ1n) is 2.91. The first-order valence-corrected chi connectivity index (χ1v) is 4.68. The van der Waals surface area contributed by atoms with Crippen molar-refractivity contribution in [2.45, 2.75) is 0 Å². The summed E-state index contributed by atoms with van der Waals surface area (Å²) < 4.78 is 1.09. The van der Waals surface area contributed by atoms with Crippen molar-refractivity contribution in [3.8, 4) is 0 Å². The molecule has 0 fully saturated rings. The molecule has 0 atom stereocenters. The minimum absolute atomic E-state index is 0.0237. The number of hydrogen-bond acceptors (Lipinski definition) is 1. The van der Waals surface area contributed by atoms with Crippen LogP contribution in [0.15, 0.2) is 18.2 Å². The van der Waals surface area contributed by atoms with Gasteiger partial charge in [-0.25, -0.2) is 0 Å². The van der Waals surface area contributed by atoms with Gasteiger partial charge >= 0.3 is 70.8 Å². The third-order valence-corrected chi connectivity index (χ3v) is 2.44. The molecule has 0 unspecified atom stereocenters. The summed E-state index contributed by atoms with van der Waals surface area (Å²) in [6.45, 7) is 0. The van der Waals surface area contributed by atoms with Gasteiger partial charge in [0.1, 0.15) is 0 Å². The van der Waals surface area contributed by atoms with Gasteiger partial charge in [-0.3, -0.25) is 0 Å². The molecule has 1 aromatic carbocycles. The topological polar surface area (TPSA) is 26.0 Å². The molecule has 1 nitrogen and oxygen atoms in total. The first-order chi connectivity index (χ1) is 4.74. The Morgan fingerprint density at radius 3 is 2.70 bits per heavy atom. The summed E-state index contributed by atoms with van der Waals surface area (Å²) in [6.07, 6.45) is 0. The molecule has 3 heteroatoms. The summed E-state index contributed by atoms with van der Waals surface area (Å²) in [4.78, 5) is 0. The van der Waals surface area contributed by atoms with Crippen LogP contribution in [0.5, 0.6) is 0 Å². The molecule has 0 amide bonds. The number of anilines is 1. The molecule has 0 radical (unpaired) electrons. The average molecular weight is 168 g/mol. The van der Waals surface area contributed by atoms with Gasteiger partial charge in [0.15, 0.2) is 0 Å². The maximum absolute atomic E-state index is 5.73. The summed E-state index contributed by atoms with van der Waals surface area (Å²) in [5, 5.41) is 4.54. The van der Waals surface area contributed by atoms with Gasteiger partial charge in [0.2, 0.25) is 0 Å². The molecule has 0 heterocycles. The van der Waals surface area contributed by atoms with Crippen molar-refractivity contribution in [1.82, 2.24) is 0 Å². The van der Waals surface area contributed by atoms with E-state index in [-0.39, 0.29) is 14.8 Å². The first kappa shape index (κ1) is 7.82. The molecule has 0 aliphatic carbocycles. The van der Waals surface area contributed by atoms with Gasteiger partial charge in [-0.15, -0.1) is 0 Å². The summed E-state index contributed by atoms with van der Waals surface area (Å²) >= 11 is 5.75. The predicted molar refractivity (Wildman–Crippen MR) is 48.4 cm³/mol. The Kier molecular flexibility index (Phi) is 2.51. The van der Waals surface area contributed by atoms with Crippen molar-refractivity contribution in [3.05, 3.63) is 23.2 Å². The fraction of sp³-hybridized carbons (Fsp3) is 0. The number of halogens is 1. The van der Waals surface area contributed by atoms with E-state index in [0.29, 0.717) is 0 Å². The maximum atomic E-state index is 5.73. The van der Waals surface area contributed by atoms with E-state index in [1.165, 1.54) is 0 Å². The van der Waals surface area contributed by atoms with Crippen LogP contribution in [0.25, 0.3) is 0 Å². The molecule has 0 aromatic heterocycles. The summed E-state index contributed by atoms with van der Waals surface area (Å²) in [6, 6.07) is 5.48. The molecule has 0 saturated carbocycles. The Hall–Kier alpha value is -0.288. The van der Waals surface area contributed by atoms with Crippen molar-refractivity contribution in [2.75, 3.05) is 5.73 Å². The van der Waals surface area contributed by atoms with E-state index in [9.17, 15) is 0 Å². The van der Waals surface area contributed by atoms with Gasteiger partial charge in [0, 0.05) is 0 Å². The van der Waals surface area contributed by atoms with Crippen LogP contribution < -0.4 is 10.2 Å². The summed E-state index contributed by atoms with van der Waals surface area (Å²) in [7, 11) is 0. The van der Waals surface area contributed by atoms with E-state index in [1.54, 1.807) is 6.07 Å². The molecule has 0 aliphatic heterocycles. The number of nitrogens with two attached hydrogens (primary N) is 1. The van der Waals surface area contributed by atoms with Crippen molar-refractivity contribution < 1.29 is 0 Å². The minimum atomic E-state index is 0.0237. The van der Waals surface area contributed by atoms with Crippen LogP contribution >= 0.6 is 11.6 Å². The van der Waals surface area contributed by atoms with E-state index in [2.05, 4.69) is 5.39 Å². The zero-order chi connectivity index (χ0) is 7.56. The Labute approximate surface area is 71.1 Å². The van der Waals surface area contributed by atoms with Crippen LogP contribution in [0.1, 0.15) is 0 Å². The van der Waals surface area contributed by atoms with Crippen molar-refractivity contribution in [1.29, 1.82) is 0 Å². The monoisotopic (exact) mass is 167 g/mol.